The van der Waals surface area contributed by atoms with Crippen molar-refractivity contribution in [2.24, 2.45) is 13.0 Å². The van der Waals surface area contributed by atoms with E-state index in [0.717, 1.165) is 67.3 Å². The van der Waals surface area contributed by atoms with Crippen molar-refractivity contribution in [3.05, 3.63) is 92.4 Å². The maximum absolute atomic E-state index is 13.2. The molecule has 9 nitrogen and oxygen atoms in total. The first-order valence-electron chi connectivity index (χ1n) is 16.4. The van der Waals surface area contributed by atoms with E-state index in [-0.39, 0.29) is 29.0 Å². The summed E-state index contributed by atoms with van der Waals surface area (Å²) in [5.41, 5.74) is 7.64. The number of carbonyl (C=O) groups excluding carboxylic acids is 1. The van der Waals surface area contributed by atoms with Crippen LogP contribution in [0.15, 0.2) is 59.0 Å². The smallest absolute Gasteiger partial charge is 0.264 e. The molecule has 0 saturated carbocycles. The van der Waals surface area contributed by atoms with Gasteiger partial charge in [-0.05, 0) is 72.2 Å². The lowest BCUT2D eigenvalue weighted by molar-refractivity contribution is -0.129. The Bertz CT molecular complexity index is 1710. The topological polar surface area (TPSA) is 91.0 Å². The van der Waals surface area contributed by atoms with Crippen molar-refractivity contribution >= 4 is 5.91 Å². The van der Waals surface area contributed by atoms with Gasteiger partial charge in [0, 0.05) is 64.6 Å². The van der Waals surface area contributed by atoms with Crippen LogP contribution in [0, 0.1) is 24.2 Å². The van der Waals surface area contributed by atoms with E-state index in [0.29, 0.717) is 18.7 Å². The fourth-order valence-electron chi connectivity index (χ4n) is 6.93. The molecular weight excluding hydrogens is 590 g/mol. The van der Waals surface area contributed by atoms with Gasteiger partial charge in [0.05, 0.1) is 25.8 Å². The molecule has 2 aliphatic rings. The summed E-state index contributed by atoms with van der Waals surface area (Å²) >= 11 is 0. The molecule has 2 aliphatic heterocycles. The number of aromatic nitrogens is 1. The van der Waals surface area contributed by atoms with Crippen LogP contribution in [0.2, 0.25) is 0 Å². The van der Waals surface area contributed by atoms with Gasteiger partial charge in [-0.2, -0.15) is 5.26 Å². The second-order valence-corrected chi connectivity index (χ2v) is 13.1. The number of ether oxygens (including phenoxy) is 2. The predicted octanol–water partition coefficient (Wildman–Crippen LogP) is 5.25. The van der Waals surface area contributed by atoms with Crippen LogP contribution in [0.1, 0.15) is 54.6 Å². The van der Waals surface area contributed by atoms with Gasteiger partial charge in [0.2, 0.25) is 0 Å². The summed E-state index contributed by atoms with van der Waals surface area (Å²) in [6.07, 6.45) is 4.40. The summed E-state index contributed by atoms with van der Waals surface area (Å²) in [6.45, 7) is 13.8. The molecule has 248 valence electrons. The van der Waals surface area contributed by atoms with E-state index < -0.39 is 0 Å². The SMILES string of the molecule is COc1cc(-c2cc(C)c(=O)n(C)c2)cc(OC)c1CN1CCN(Cc2cccc3c2CCN(C(=O)/C(C#N)=C/C(C)C)C3C)CC1. The van der Waals surface area contributed by atoms with Gasteiger partial charge in [0.25, 0.3) is 11.5 Å². The fourth-order valence-corrected chi connectivity index (χ4v) is 6.93. The number of hydrogen-bond donors (Lipinski definition) is 0. The minimum atomic E-state index is -0.175. The molecule has 9 heteroatoms. The summed E-state index contributed by atoms with van der Waals surface area (Å²) in [6, 6.07) is 14.5. The van der Waals surface area contributed by atoms with Gasteiger partial charge in [-0.25, -0.2) is 0 Å². The maximum atomic E-state index is 13.2. The van der Waals surface area contributed by atoms with Crippen LogP contribution in [0.4, 0.5) is 0 Å². The highest BCUT2D eigenvalue weighted by Gasteiger charge is 2.31. The molecule has 3 heterocycles. The van der Waals surface area contributed by atoms with Gasteiger partial charge in [-0.15, -0.1) is 0 Å². The van der Waals surface area contributed by atoms with E-state index in [1.165, 1.54) is 16.7 Å². The van der Waals surface area contributed by atoms with Crippen LogP contribution in [0.25, 0.3) is 11.1 Å². The van der Waals surface area contributed by atoms with Gasteiger partial charge in [0.15, 0.2) is 0 Å². The normalized spacial score (nSPS) is 17.4. The molecule has 1 saturated heterocycles. The Hall–Kier alpha value is -4.39. The quantitative estimate of drug-likeness (QED) is 0.234. The van der Waals surface area contributed by atoms with Crippen molar-refractivity contribution < 1.29 is 14.3 Å². The molecule has 2 aromatic carbocycles. The van der Waals surface area contributed by atoms with Crippen molar-refractivity contribution in [3.63, 3.8) is 0 Å². The molecule has 5 rings (SSSR count). The lowest BCUT2D eigenvalue weighted by Crippen LogP contribution is -2.45. The third kappa shape index (κ3) is 7.29. The van der Waals surface area contributed by atoms with Crippen molar-refractivity contribution in [1.82, 2.24) is 19.3 Å². The van der Waals surface area contributed by atoms with Crippen LogP contribution in [-0.4, -0.2) is 72.1 Å². The minimum Gasteiger partial charge on any atom is -0.496 e. The number of nitrogens with zero attached hydrogens (tertiary/aromatic N) is 5. The zero-order valence-corrected chi connectivity index (χ0v) is 28.8. The molecule has 0 spiro atoms. The van der Waals surface area contributed by atoms with Crippen molar-refractivity contribution in [2.75, 3.05) is 46.9 Å². The Morgan fingerprint density at radius 2 is 1.64 bits per heavy atom. The number of allylic oxidation sites excluding steroid dienone is 1. The highest BCUT2D eigenvalue weighted by atomic mass is 16.5. The van der Waals surface area contributed by atoms with E-state index in [9.17, 15) is 14.9 Å². The molecule has 1 aromatic heterocycles. The first kappa shape index (κ1) is 34.0. The Morgan fingerprint density at radius 3 is 2.21 bits per heavy atom. The molecule has 1 amide bonds. The van der Waals surface area contributed by atoms with Crippen LogP contribution in [0.5, 0.6) is 11.5 Å². The molecule has 0 aliphatic carbocycles. The fraction of sp³-hybridized carbons (Fsp3) is 0.447. The van der Waals surface area contributed by atoms with Gasteiger partial charge < -0.3 is 18.9 Å². The number of hydrogen-bond acceptors (Lipinski definition) is 7. The van der Waals surface area contributed by atoms with E-state index in [1.807, 2.05) is 50.1 Å². The first-order chi connectivity index (χ1) is 22.5. The average Bonchev–Trinajstić information content (AvgIpc) is 3.06. The maximum Gasteiger partial charge on any atom is 0.264 e. The number of nitriles is 1. The molecule has 1 unspecified atom stereocenters. The molecule has 0 N–H and O–H groups in total. The minimum absolute atomic E-state index is 0.00595. The standard InChI is InChI=1S/C38H47N5O4/c1-25(2)17-30(21-39)38(45)43-12-11-33-28(9-8-10-32(33)27(43)4)23-41-13-15-42(16-14-41)24-34-35(46-6)19-29(20-36(34)47-7)31-18-26(3)37(44)40(5)22-31/h8-10,17-20,22,25,27H,11-16,23-24H2,1-7H3/b30-17+. The lowest BCUT2D eigenvalue weighted by atomic mass is 9.89. The predicted molar refractivity (Wildman–Crippen MR) is 184 cm³/mol. The Balaban J connectivity index is 1.26. The van der Waals surface area contributed by atoms with Crippen LogP contribution < -0.4 is 15.0 Å². The summed E-state index contributed by atoms with van der Waals surface area (Å²) in [5.74, 6) is 1.51. The van der Waals surface area contributed by atoms with Crippen LogP contribution >= 0.6 is 0 Å². The van der Waals surface area contributed by atoms with Crippen molar-refractivity contribution in [1.29, 1.82) is 5.26 Å². The van der Waals surface area contributed by atoms with Crippen LogP contribution in [0.3, 0.4) is 0 Å². The van der Waals surface area contributed by atoms with Gasteiger partial charge >= 0.3 is 0 Å². The Labute approximate surface area is 278 Å². The number of amides is 1. The summed E-state index contributed by atoms with van der Waals surface area (Å²) in [4.78, 5) is 32.3. The Morgan fingerprint density at radius 1 is 1.00 bits per heavy atom. The number of methoxy groups -OCH3 is 2. The highest BCUT2D eigenvalue weighted by Crippen LogP contribution is 2.37. The van der Waals surface area contributed by atoms with Crippen molar-refractivity contribution in [3.8, 4) is 28.7 Å². The highest BCUT2D eigenvalue weighted by molar-refractivity contribution is 5.97. The van der Waals surface area contributed by atoms with Crippen molar-refractivity contribution in [2.45, 2.75) is 53.2 Å². The second kappa shape index (κ2) is 14.6. The Kier molecular flexibility index (Phi) is 10.5. The largest absolute Gasteiger partial charge is 0.496 e. The summed E-state index contributed by atoms with van der Waals surface area (Å²) < 4.78 is 13.3. The number of carbonyl (C=O) groups is 1. The number of pyridine rings is 1. The summed E-state index contributed by atoms with van der Waals surface area (Å²) in [7, 11) is 5.14. The van der Waals surface area contributed by atoms with E-state index in [1.54, 1.807) is 31.9 Å². The molecule has 47 heavy (non-hydrogen) atoms. The van der Waals surface area contributed by atoms with Crippen LogP contribution in [-0.2, 0) is 31.4 Å². The number of piperazine rings is 1. The zero-order chi connectivity index (χ0) is 33.8. The molecule has 1 atom stereocenters. The lowest BCUT2D eigenvalue weighted by Gasteiger charge is -2.38. The van der Waals surface area contributed by atoms with Gasteiger partial charge in [-0.1, -0.05) is 38.1 Å². The molecule has 0 bridgehead atoms. The third-order valence-electron chi connectivity index (χ3n) is 9.49. The third-order valence-corrected chi connectivity index (χ3v) is 9.49. The van der Waals surface area contributed by atoms with E-state index in [2.05, 4.69) is 41.0 Å². The number of fused-ring (bicyclic) bond motifs is 1. The molecular formula is C38H47N5O4. The van der Waals surface area contributed by atoms with Gasteiger partial charge in [-0.3, -0.25) is 19.4 Å². The molecule has 0 radical (unpaired) electrons. The summed E-state index contributed by atoms with van der Waals surface area (Å²) in [5, 5.41) is 9.62. The number of benzene rings is 2. The average molecular weight is 638 g/mol. The number of rotatable bonds is 9. The molecule has 1 fully saturated rings. The second-order valence-electron chi connectivity index (χ2n) is 13.1. The van der Waals surface area contributed by atoms with E-state index >= 15 is 0 Å². The first-order valence-corrected chi connectivity index (χ1v) is 16.4. The van der Waals surface area contributed by atoms with Gasteiger partial charge in [0.1, 0.15) is 23.1 Å². The zero-order valence-electron chi connectivity index (χ0n) is 28.8. The number of aryl methyl sites for hydroxylation is 2. The van der Waals surface area contributed by atoms with E-state index in [4.69, 9.17) is 9.47 Å². The monoisotopic (exact) mass is 637 g/mol. The molecule has 3 aromatic rings.